The fourth-order valence-electron chi connectivity index (χ4n) is 4.59. The number of aryl methyl sites for hydroxylation is 3. The summed E-state index contributed by atoms with van der Waals surface area (Å²) in [6.45, 7) is 12.4. The summed E-state index contributed by atoms with van der Waals surface area (Å²) in [5.74, 6) is -1.33. The van der Waals surface area contributed by atoms with Gasteiger partial charge in [0.15, 0.2) is 0 Å². The highest BCUT2D eigenvalue weighted by Gasteiger charge is 2.35. The molecule has 1 N–H and O–H groups in total. The summed E-state index contributed by atoms with van der Waals surface area (Å²) in [6.07, 6.45) is 0.295. The van der Waals surface area contributed by atoms with Gasteiger partial charge in [0.05, 0.1) is 10.6 Å². The second-order valence-electron chi connectivity index (χ2n) is 11.4. The summed E-state index contributed by atoms with van der Waals surface area (Å²) >= 11 is 0. The van der Waals surface area contributed by atoms with E-state index in [1.165, 1.54) is 29.2 Å². The van der Waals surface area contributed by atoms with Crippen LogP contribution in [0.25, 0.3) is 0 Å². The van der Waals surface area contributed by atoms with E-state index in [4.69, 9.17) is 0 Å². The molecule has 0 aromatic heterocycles. The van der Waals surface area contributed by atoms with E-state index in [-0.39, 0.29) is 17.3 Å². The molecule has 2 amide bonds. The molecule has 7 nitrogen and oxygen atoms in total. The van der Waals surface area contributed by atoms with Gasteiger partial charge in [-0.25, -0.2) is 12.8 Å². The first-order chi connectivity index (χ1) is 19.1. The van der Waals surface area contributed by atoms with Crippen LogP contribution in [0.5, 0.6) is 0 Å². The molecule has 0 aliphatic heterocycles. The molecule has 41 heavy (non-hydrogen) atoms. The number of carbonyl (C=O) groups is 2. The van der Waals surface area contributed by atoms with Crippen LogP contribution in [0.1, 0.15) is 56.4 Å². The van der Waals surface area contributed by atoms with Crippen molar-refractivity contribution in [1.82, 2.24) is 10.2 Å². The number of halogens is 1. The zero-order valence-electron chi connectivity index (χ0n) is 24.9. The van der Waals surface area contributed by atoms with Gasteiger partial charge in [-0.1, -0.05) is 54.4 Å². The third kappa shape index (κ3) is 8.16. The Hall–Kier alpha value is -3.72. The second kappa shape index (κ2) is 12.9. The SMILES string of the molecule is CC[C@@H](C(=O)NC(C)(C)C)N(Cc1ccc(F)cc1)C(=O)CN(c1ccc(C)cc1C)S(=O)(=O)c1ccc(C)cc1. The van der Waals surface area contributed by atoms with Crippen LogP contribution < -0.4 is 9.62 Å². The fourth-order valence-corrected chi connectivity index (χ4v) is 6.07. The van der Waals surface area contributed by atoms with E-state index in [9.17, 15) is 22.4 Å². The number of sulfonamides is 1. The van der Waals surface area contributed by atoms with Crippen molar-refractivity contribution in [3.63, 3.8) is 0 Å². The van der Waals surface area contributed by atoms with Crippen molar-refractivity contribution in [2.75, 3.05) is 10.8 Å². The number of nitrogens with zero attached hydrogens (tertiary/aromatic N) is 2. The second-order valence-corrected chi connectivity index (χ2v) is 13.3. The molecule has 0 bridgehead atoms. The summed E-state index contributed by atoms with van der Waals surface area (Å²) in [7, 11) is -4.16. The molecule has 3 aromatic rings. The molecule has 3 rings (SSSR count). The lowest BCUT2D eigenvalue weighted by molar-refractivity contribution is -0.141. The van der Waals surface area contributed by atoms with E-state index in [1.807, 2.05) is 40.7 Å². The summed E-state index contributed by atoms with van der Waals surface area (Å²) in [5, 5.41) is 2.94. The van der Waals surface area contributed by atoms with Crippen molar-refractivity contribution >= 4 is 27.5 Å². The first kappa shape index (κ1) is 31.8. The molecule has 220 valence electrons. The molecule has 0 saturated carbocycles. The molecule has 0 saturated heterocycles. The van der Waals surface area contributed by atoms with E-state index in [1.54, 1.807) is 50.2 Å². The summed E-state index contributed by atoms with van der Waals surface area (Å²) < 4.78 is 42.8. The van der Waals surface area contributed by atoms with E-state index >= 15 is 0 Å². The molecule has 1 atom stereocenters. The molecular formula is C32H40FN3O4S. The average Bonchev–Trinajstić information content (AvgIpc) is 2.87. The van der Waals surface area contributed by atoms with Crippen LogP contribution in [0.2, 0.25) is 0 Å². The Bertz CT molecular complexity index is 1480. The molecule has 0 aliphatic rings. The van der Waals surface area contributed by atoms with Crippen molar-refractivity contribution < 1.29 is 22.4 Å². The normalized spacial score (nSPS) is 12.5. The highest BCUT2D eigenvalue weighted by molar-refractivity contribution is 7.92. The lowest BCUT2D eigenvalue weighted by Crippen LogP contribution is -2.55. The van der Waals surface area contributed by atoms with Crippen molar-refractivity contribution in [3.8, 4) is 0 Å². The van der Waals surface area contributed by atoms with Gasteiger partial charge in [0, 0.05) is 12.1 Å². The predicted molar refractivity (Wildman–Crippen MR) is 161 cm³/mol. The first-order valence-corrected chi connectivity index (χ1v) is 15.1. The van der Waals surface area contributed by atoms with Gasteiger partial charge in [-0.05, 0) is 89.4 Å². The number of carbonyl (C=O) groups excluding carboxylic acids is 2. The van der Waals surface area contributed by atoms with E-state index < -0.39 is 39.9 Å². The summed E-state index contributed by atoms with van der Waals surface area (Å²) in [4.78, 5) is 29.0. The lowest BCUT2D eigenvalue weighted by atomic mass is 10.1. The monoisotopic (exact) mass is 581 g/mol. The van der Waals surface area contributed by atoms with E-state index in [0.29, 0.717) is 23.2 Å². The van der Waals surface area contributed by atoms with E-state index in [2.05, 4.69) is 5.32 Å². The van der Waals surface area contributed by atoms with E-state index in [0.717, 1.165) is 15.4 Å². The third-order valence-corrected chi connectivity index (χ3v) is 8.43. The largest absolute Gasteiger partial charge is 0.350 e. The summed E-state index contributed by atoms with van der Waals surface area (Å²) in [5.41, 5.74) is 2.98. The zero-order chi connectivity index (χ0) is 30.5. The van der Waals surface area contributed by atoms with Crippen LogP contribution in [-0.4, -0.2) is 43.3 Å². The Morgan fingerprint density at radius 2 is 1.49 bits per heavy atom. The Morgan fingerprint density at radius 3 is 2.02 bits per heavy atom. The van der Waals surface area contributed by atoms with Crippen LogP contribution in [-0.2, 0) is 26.2 Å². The molecule has 0 unspecified atom stereocenters. The molecule has 0 radical (unpaired) electrons. The molecule has 9 heteroatoms. The minimum absolute atomic E-state index is 0.000478. The van der Waals surface area contributed by atoms with Crippen LogP contribution in [0.15, 0.2) is 71.6 Å². The number of benzene rings is 3. The van der Waals surface area contributed by atoms with Crippen molar-refractivity contribution in [2.24, 2.45) is 0 Å². The van der Waals surface area contributed by atoms with Gasteiger partial charge in [0.25, 0.3) is 10.0 Å². The maximum Gasteiger partial charge on any atom is 0.264 e. The Kier molecular flexibility index (Phi) is 9.97. The molecule has 0 fully saturated rings. The first-order valence-electron chi connectivity index (χ1n) is 13.6. The van der Waals surface area contributed by atoms with Gasteiger partial charge in [-0.15, -0.1) is 0 Å². The standard InChI is InChI=1S/C32H40FN3O4S/c1-8-28(31(38)34-32(5,6)7)35(20-25-12-14-26(33)15-13-25)30(37)21-36(29-18-11-23(3)19-24(29)4)41(39,40)27-16-9-22(2)10-17-27/h9-19,28H,8,20-21H2,1-7H3,(H,34,38)/t28-/m0/s1. The van der Waals surface area contributed by atoms with Gasteiger partial charge in [0.1, 0.15) is 18.4 Å². The zero-order valence-corrected chi connectivity index (χ0v) is 25.7. The Morgan fingerprint density at radius 1 is 0.902 bits per heavy atom. The quantitative estimate of drug-likeness (QED) is 0.334. The Labute approximate surface area is 243 Å². The number of hydrogen-bond acceptors (Lipinski definition) is 4. The smallest absolute Gasteiger partial charge is 0.264 e. The molecular weight excluding hydrogens is 541 g/mol. The number of anilines is 1. The van der Waals surface area contributed by atoms with Gasteiger partial charge in [0.2, 0.25) is 11.8 Å². The van der Waals surface area contributed by atoms with Gasteiger partial charge in [-0.3, -0.25) is 13.9 Å². The van der Waals surface area contributed by atoms with Crippen LogP contribution in [0.4, 0.5) is 10.1 Å². The molecule has 0 spiro atoms. The third-order valence-electron chi connectivity index (χ3n) is 6.66. The van der Waals surface area contributed by atoms with Gasteiger partial charge < -0.3 is 10.2 Å². The molecule has 0 aliphatic carbocycles. The maximum atomic E-state index is 14.1. The number of amides is 2. The molecule has 3 aromatic carbocycles. The minimum atomic E-state index is -4.16. The molecule has 0 heterocycles. The number of hydrogen-bond donors (Lipinski definition) is 1. The van der Waals surface area contributed by atoms with Crippen molar-refractivity contribution in [1.29, 1.82) is 0 Å². The Balaban J connectivity index is 2.10. The highest BCUT2D eigenvalue weighted by atomic mass is 32.2. The lowest BCUT2D eigenvalue weighted by Gasteiger charge is -2.35. The predicted octanol–water partition coefficient (Wildman–Crippen LogP) is 5.67. The number of nitrogens with one attached hydrogen (secondary N) is 1. The average molecular weight is 582 g/mol. The highest BCUT2D eigenvalue weighted by Crippen LogP contribution is 2.28. The van der Waals surface area contributed by atoms with Gasteiger partial charge in [-0.2, -0.15) is 0 Å². The summed E-state index contributed by atoms with van der Waals surface area (Å²) in [6, 6.07) is 16.6. The van der Waals surface area contributed by atoms with Crippen LogP contribution in [0, 0.1) is 26.6 Å². The maximum absolute atomic E-state index is 14.1. The fraction of sp³-hybridized carbons (Fsp3) is 0.375. The number of rotatable bonds is 10. The van der Waals surface area contributed by atoms with Crippen molar-refractivity contribution in [3.05, 3.63) is 94.8 Å². The minimum Gasteiger partial charge on any atom is -0.350 e. The van der Waals surface area contributed by atoms with Crippen LogP contribution in [0.3, 0.4) is 0 Å². The van der Waals surface area contributed by atoms with Crippen LogP contribution >= 0.6 is 0 Å². The van der Waals surface area contributed by atoms with Gasteiger partial charge >= 0.3 is 0 Å². The topological polar surface area (TPSA) is 86.8 Å². The van der Waals surface area contributed by atoms with Crippen molar-refractivity contribution in [2.45, 2.75) is 77.9 Å².